The molecule has 0 bridgehead atoms. The number of hydrogen-bond donors (Lipinski definition) is 1. The first-order chi connectivity index (χ1) is 17.2. The fourth-order valence-corrected chi connectivity index (χ4v) is 5.02. The average Bonchev–Trinajstić information content (AvgIpc) is 3.26. The second kappa shape index (κ2) is 10.7. The van der Waals surface area contributed by atoms with Gasteiger partial charge in [-0.15, -0.1) is 0 Å². The Balaban J connectivity index is 1.53. The molecule has 4 rings (SSSR count). The summed E-state index contributed by atoms with van der Waals surface area (Å²) in [6, 6.07) is 5.74. The highest BCUT2D eigenvalue weighted by Gasteiger charge is 2.36. The van der Waals surface area contributed by atoms with Crippen molar-refractivity contribution in [2.75, 3.05) is 20.8 Å². The van der Waals surface area contributed by atoms with Crippen molar-refractivity contribution >= 4 is 17.3 Å². The molecule has 8 heteroatoms. The molecule has 2 aromatic rings. The van der Waals surface area contributed by atoms with Crippen molar-refractivity contribution in [2.24, 2.45) is 10.4 Å². The predicted molar refractivity (Wildman–Crippen MR) is 135 cm³/mol. The summed E-state index contributed by atoms with van der Waals surface area (Å²) in [7, 11) is 3.20. The molecule has 0 aliphatic heterocycles. The molecule has 36 heavy (non-hydrogen) atoms. The molecule has 0 unspecified atom stereocenters. The van der Waals surface area contributed by atoms with Crippen LogP contribution in [-0.4, -0.2) is 48.3 Å². The zero-order valence-corrected chi connectivity index (χ0v) is 21.5. The van der Waals surface area contributed by atoms with Gasteiger partial charge in [-0.1, -0.05) is 25.1 Å². The quantitative estimate of drug-likeness (QED) is 0.405. The molecule has 1 fully saturated rings. The van der Waals surface area contributed by atoms with E-state index < -0.39 is 0 Å². The summed E-state index contributed by atoms with van der Waals surface area (Å²) in [4.78, 5) is 30.2. The zero-order chi connectivity index (χ0) is 25.9. The molecule has 0 radical (unpaired) electrons. The van der Waals surface area contributed by atoms with Crippen LogP contribution in [0.3, 0.4) is 0 Å². The van der Waals surface area contributed by atoms with Gasteiger partial charge in [-0.25, -0.2) is 0 Å². The highest BCUT2D eigenvalue weighted by atomic mass is 16.5. The molecule has 1 heterocycles. The number of aliphatic hydroxyl groups excluding tert-OH is 1. The van der Waals surface area contributed by atoms with Crippen LogP contribution < -0.4 is 9.47 Å². The maximum absolute atomic E-state index is 13.1. The third-order valence-corrected chi connectivity index (χ3v) is 6.81. The zero-order valence-electron chi connectivity index (χ0n) is 21.5. The van der Waals surface area contributed by atoms with E-state index in [1.54, 1.807) is 14.2 Å². The number of carbonyl (C=O) groups is 2. The van der Waals surface area contributed by atoms with Gasteiger partial charge in [-0.05, 0) is 42.4 Å². The number of aliphatic hydroxyl groups is 1. The Morgan fingerprint density at radius 2 is 1.86 bits per heavy atom. The molecule has 1 N–H and O–H groups in total. The monoisotopic (exact) mass is 494 g/mol. The van der Waals surface area contributed by atoms with Crippen LogP contribution in [0.4, 0.5) is 0 Å². The number of hydrogen-bond acceptors (Lipinski definition) is 8. The maximum Gasteiger partial charge on any atom is 0.168 e. The number of rotatable bonds is 8. The summed E-state index contributed by atoms with van der Waals surface area (Å²) in [5.74, 6) is 1.88. The normalized spacial score (nSPS) is 19.8. The lowest BCUT2D eigenvalue weighted by Gasteiger charge is -2.31. The minimum atomic E-state index is -0.235. The Labute approximate surface area is 211 Å². The van der Waals surface area contributed by atoms with Gasteiger partial charge in [0.2, 0.25) is 0 Å². The number of carbonyl (C=O) groups excluding carboxylic acids is 2. The van der Waals surface area contributed by atoms with Gasteiger partial charge in [0, 0.05) is 44.4 Å². The Morgan fingerprint density at radius 1 is 1.08 bits per heavy atom. The fourth-order valence-electron chi connectivity index (χ4n) is 5.02. The van der Waals surface area contributed by atoms with Crippen molar-refractivity contribution in [3.63, 3.8) is 0 Å². The summed E-state index contributed by atoms with van der Waals surface area (Å²) < 4.78 is 16.0. The van der Waals surface area contributed by atoms with E-state index in [4.69, 9.17) is 19.0 Å². The standard InChI is InChI=1S/C28H34N2O6/c1-28(2)15-19(29-13-12-17-8-11-23(34-3)25(14-17)35-4)26(22(33)16-28)21(32)10-9-18-27-20(31)6-5-7-24(27)36-30-18/h8,11,14,32H,5-7,9-10,12-13,15-16H2,1-4H3/b26-21-,29-19?. The van der Waals surface area contributed by atoms with Gasteiger partial charge in [0.25, 0.3) is 0 Å². The highest BCUT2D eigenvalue weighted by molar-refractivity contribution is 6.24. The van der Waals surface area contributed by atoms with Gasteiger partial charge in [-0.3, -0.25) is 14.6 Å². The molecule has 8 nitrogen and oxygen atoms in total. The molecule has 1 aromatic carbocycles. The average molecular weight is 495 g/mol. The number of aryl methyl sites for hydroxylation is 2. The van der Waals surface area contributed by atoms with Gasteiger partial charge in [0.05, 0.1) is 31.1 Å². The first kappa shape index (κ1) is 25.7. The van der Waals surface area contributed by atoms with E-state index in [9.17, 15) is 14.7 Å². The largest absolute Gasteiger partial charge is 0.511 e. The number of aliphatic imine (C=N–C) groups is 1. The molecule has 0 amide bonds. The van der Waals surface area contributed by atoms with E-state index >= 15 is 0 Å². The third-order valence-electron chi connectivity index (χ3n) is 6.81. The number of ether oxygens (including phenoxy) is 2. The number of fused-ring (bicyclic) bond motifs is 1. The van der Waals surface area contributed by atoms with E-state index in [1.807, 2.05) is 32.0 Å². The Bertz CT molecular complexity index is 1220. The lowest BCUT2D eigenvalue weighted by Crippen LogP contribution is -2.33. The number of nitrogens with zero attached hydrogens (tertiary/aromatic N) is 2. The smallest absolute Gasteiger partial charge is 0.168 e. The van der Waals surface area contributed by atoms with Crippen molar-refractivity contribution in [1.82, 2.24) is 5.16 Å². The lowest BCUT2D eigenvalue weighted by molar-refractivity contribution is -0.117. The molecule has 0 atom stereocenters. The number of Topliss-reactive ketones (excluding diaryl/α,β-unsaturated/α-hetero) is 2. The summed E-state index contributed by atoms with van der Waals surface area (Å²) in [6.07, 6.45) is 4.08. The summed E-state index contributed by atoms with van der Waals surface area (Å²) in [6.45, 7) is 4.54. The number of aromatic nitrogens is 1. The minimum absolute atomic E-state index is 0.000347. The van der Waals surface area contributed by atoms with Gasteiger partial charge < -0.3 is 19.1 Å². The highest BCUT2D eigenvalue weighted by Crippen LogP contribution is 2.36. The van der Waals surface area contributed by atoms with E-state index in [0.717, 1.165) is 12.0 Å². The second-order valence-corrected chi connectivity index (χ2v) is 10.2. The Hall–Kier alpha value is -3.42. The number of methoxy groups -OCH3 is 2. The third kappa shape index (κ3) is 5.53. The van der Waals surface area contributed by atoms with Gasteiger partial charge in [0.15, 0.2) is 23.1 Å². The van der Waals surface area contributed by atoms with Crippen LogP contribution in [0.2, 0.25) is 0 Å². The summed E-state index contributed by atoms with van der Waals surface area (Å²) in [5.41, 5.74) is 2.85. The molecule has 1 saturated carbocycles. The van der Waals surface area contributed by atoms with E-state index in [-0.39, 0.29) is 29.2 Å². The van der Waals surface area contributed by atoms with Crippen LogP contribution in [0.5, 0.6) is 11.5 Å². The SMILES string of the molecule is COc1ccc(CCN=C2CC(C)(C)CC(=O)/C2=C(\O)CCc2noc3c2C(=O)CCC3)cc1OC. The molecule has 2 aliphatic rings. The number of allylic oxidation sites excluding steroid dienone is 2. The molecule has 0 saturated heterocycles. The second-order valence-electron chi connectivity index (χ2n) is 10.2. The maximum atomic E-state index is 13.1. The van der Waals surface area contributed by atoms with Crippen molar-refractivity contribution in [2.45, 2.75) is 65.2 Å². The Kier molecular flexibility index (Phi) is 7.62. The lowest BCUT2D eigenvalue weighted by atomic mass is 9.73. The summed E-state index contributed by atoms with van der Waals surface area (Å²) in [5, 5.41) is 15.1. The van der Waals surface area contributed by atoms with Crippen LogP contribution in [0, 0.1) is 5.41 Å². The molecule has 2 aliphatic carbocycles. The van der Waals surface area contributed by atoms with Gasteiger partial charge in [-0.2, -0.15) is 0 Å². The molecular formula is C28H34N2O6. The van der Waals surface area contributed by atoms with Crippen LogP contribution in [0.1, 0.15) is 73.3 Å². The van der Waals surface area contributed by atoms with Crippen LogP contribution in [0.25, 0.3) is 0 Å². The predicted octanol–water partition coefficient (Wildman–Crippen LogP) is 5.03. The van der Waals surface area contributed by atoms with Crippen molar-refractivity contribution in [3.05, 3.63) is 52.1 Å². The molecule has 1 aromatic heterocycles. The summed E-state index contributed by atoms with van der Waals surface area (Å²) >= 11 is 0. The first-order valence-corrected chi connectivity index (χ1v) is 12.4. The van der Waals surface area contributed by atoms with Crippen LogP contribution >= 0.6 is 0 Å². The van der Waals surface area contributed by atoms with Gasteiger partial charge in [0.1, 0.15) is 11.5 Å². The van der Waals surface area contributed by atoms with Gasteiger partial charge >= 0.3 is 0 Å². The number of ketones is 2. The number of benzene rings is 1. The van der Waals surface area contributed by atoms with E-state index in [2.05, 4.69) is 5.16 Å². The molecule has 192 valence electrons. The Morgan fingerprint density at radius 3 is 2.61 bits per heavy atom. The van der Waals surface area contributed by atoms with Crippen molar-refractivity contribution < 1.29 is 28.7 Å². The first-order valence-electron chi connectivity index (χ1n) is 12.4. The van der Waals surface area contributed by atoms with Crippen molar-refractivity contribution in [1.29, 1.82) is 0 Å². The minimum Gasteiger partial charge on any atom is -0.511 e. The fraction of sp³-hybridized carbons (Fsp3) is 0.500. The van der Waals surface area contributed by atoms with E-state index in [1.165, 1.54) is 0 Å². The molecule has 0 spiro atoms. The van der Waals surface area contributed by atoms with E-state index in [0.29, 0.717) is 84.9 Å². The topological polar surface area (TPSA) is 111 Å². The van der Waals surface area contributed by atoms with Crippen LogP contribution in [0.15, 0.2) is 39.0 Å². The van der Waals surface area contributed by atoms with Crippen LogP contribution in [-0.2, 0) is 24.1 Å². The molecular weight excluding hydrogens is 460 g/mol. The van der Waals surface area contributed by atoms with Crippen molar-refractivity contribution in [3.8, 4) is 11.5 Å².